The van der Waals surface area contributed by atoms with Crippen molar-refractivity contribution < 1.29 is 19.1 Å². The first-order valence-electron chi connectivity index (χ1n) is 6.82. The number of carbonyl (C=O) groups excluding carboxylic acids is 2. The van der Waals surface area contributed by atoms with Crippen molar-refractivity contribution in [1.29, 1.82) is 0 Å². The molecule has 5 heteroatoms. The van der Waals surface area contributed by atoms with Crippen molar-refractivity contribution in [3.05, 3.63) is 0 Å². The highest BCUT2D eigenvalue weighted by Crippen LogP contribution is 2.25. The zero-order valence-corrected chi connectivity index (χ0v) is 12.3. The van der Waals surface area contributed by atoms with Gasteiger partial charge in [-0.2, -0.15) is 0 Å². The largest absolute Gasteiger partial charge is 0.469 e. The van der Waals surface area contributed by atoms with E-state index in [4.69, 9.17) is 4.74 Å². The number of hydrogen-bond acceptors (Lipinski definition) is 4. The van der Waals surface area contributed by atoms with Crippen LogP contribution in [0.1, 0.15) is 46.5 Å². The molecule has 2 atom stereocenters. The monoisotopic (exact) mass is 271 g/mol. The lowest BCUT2D eigenvalue weighted by molar-refractivity contribution is -0.143. The molecule has 0 bridgehead atoms. The second kappa shape index (κ2) is 6.89. The van der Waals surface area contributed by atoms with E-state index in [0.29, 0.717) is 6.42 Å². The second-order valence-electron chi connectivity index (χ2n) is 6.00. The molecule has 1 amide bonds. The molecule has 1 aliphatic heterocycles. The lowest BCUT2D eigenvalue weighted by Gasteiger charge is -2.25. The van der Waals surface area contributed by atoms with Crippen molar-refractivity contribution in [1.82, 2.24) is 5.32 Å². The fourth-order valence-electron chi connectivity index (χ4n) is 2.35. The van der Waals surface area contributed by atoms with Crippen LogP contribution in [-0.2, 0) is 19.1 Å². The van der Waals surface area contributed by atoms with E-state index in [1.165, 1.54) is 7.11 Å². The molecular formula is C14H25NO4. The minimum Gasteiger partial charge on any atom is -0.469 e. The average Bonchev–Trinajstić information content (AvgIpc) is 2.80. The number of ether oxygens (including phenoxy) is 2. The molecule has 1 saturated heterocycles. The number of esters is 1. The maximum absolute atomic E-state index is 12.0. The van der Waals surface area contributed by atoms with Crippen molar-refractivity contribution in [2.75, 3.05) is 13.7 Å². The molecule has 0 unspecified atom stereocenters. The molecule has 5 nitrogen and oxygen atoms in total. The summed E-state index contributed by atoms with van der Waals surface area (Å²) in [7, 11) is 1.36. The highest BCUT2D eigenvalue weighted by atomic mass is 16.5. The third-order valence-electron chi connectivity index (χ3n) is 3.40. The van der Waals surface area contributed by atoms with Crippen LogP contribution in [-0.4, -0.2) is 37.7 Å². The van der Waals surface area contributed by atoms with Gasteiger partial charge >= 0.3 is 5.97 Å². The molecule has 1 fully saturated rings. The van der Waals surface area contributed by atoms with Crippen LogP contribution in [0.3, 0.4) is 0 Å². The Morgan fingerprint density at radius 2 is 2.11 bits per heavy atom. The molecule has 1 aliphatic rings. The van der Waals surface area contributed by atoms with Gasteiger partial charge in [0.15, 0.2) is 0 Å². The standard InChI is InChI=1S/C14H25NO4/c1-10(11-6-5-7-19-11)15-12(16)8-14(2,3)9-13(17)18-4/h10-11H,5-9H2,1-4H3,(H,15,16)/t10-,11-/m1/s1. The molecule has 19 heavy (non-hydrogen) atoms. The van der Waals surface area contributed by atoms with Gasteiger partial charge in [-0.15, -0.1) is 0 Å². The van der Waals surface area contributed by atoms with Gasteiger partial charge in [-0.05, 0) is 25.2 Å². The first-order chi connectivity index (χ1) is 8.84. The van der Waals surface area contributed by atoms with Crippen LogP contribution in [0.5, 0.6) is 0 Å². The van der Waals surface area contributed by atoms with E-state index < -0.39 is 5.41 Å². The highest BCUT2D eigenvalue weighted by Gasteiger charge is 2.28. The van der Waals surface area contributed by atoms with Gasteiger partial charge in [-0.25, -0.2) is 0 Å². The van der Waals surface area contributed by atoms with Crippen LogP contribution in [0, 0.1) is 5.41 Å². The summed E-state index contributed by atoms with van der Waals surface area (Å²) in [5.74, 6) is -0.332. The molecule has 0 spiro atoms. The predicted octanol–water partition coefficient (Wildman–Crippen LogP) is 1.65. The number of methoxy groups -OCH3 is 1. The Bertz CT molecular complexity index is 321. The Labute approximate surface area is 115 Å². The Balaban J connectivity index is 2.38. The van der Waals surface area contributed by atoms with Gasteiger partial charge in [-0.3, -0.25) is 9.59 Å². The number of rotatable bonds is 6. The summed E-state index contributed by atoms with van der Waals surface area (Å²) in [6.45, 7) is 6.51. The van der Waals surface area contributed by atoms with E-state index in [2.05, 4.69) is 10.1 Å². The van der Waals surface area contributed by atoms with Crippen LogP contribution < -0.4 is 5.32 Å². The molecule has 1 N–H and O–H groups in total. The molecule has 0 aromatic heterocycles. The summed E-state index contributed by atoms with van der Waals surface area (Å²) in [5, 5.41) is 2.95. The number of hydrogen-bond donors (Lipinski definition) is 1. The van der Waals surface area contributed by atoms with Crippen LogP contribution in [0.4, 0.5) is 0 Å². The summed E-state index contributed by atoms with van der Waals surface area (Å²) >= 11 is 0. The Morgan fingerprint density at radius 1 is 1.42 bits per heavy atom. The average molecular weight is 271 g/mol. The van der Waals surface area contributed by atoms with Crippen molar-refractivity contribution >= 4 is 11.9 Å². The van der Waals surface area contributed by atoms with Crippen molar-refractivity contribution in [2.45, 2.75) is 58.6 Å². The summed E-state index contributed by atoms with van der Waals surface area (Å²) in [4.78, 5) is 23.2. The zero-order valence-electron chi connectivity index (χ0n) is 12.3. The zero-order chi connectivity index (χ0) is 14.5. The third kappa shape index (κ3) is 5.59. The van der Waals surface area contributed by atoms with Gasteiger partial charge in [-0.1, -0.05) is 13.8 Å². The van der Waals surface area contributed by atoms with E-state index >= 15 is 0 Å². The van der Waals surface area contributed by atoms with Gasteiger partial charge in [0.25, 0.3) is 0 Å². The minimum atomic E-state index is -0.395. The van der Waals surface area contributed by atoms with Gasteiger partial charge in [0.1, 0.15) is 0 Å². The fourth-order valence-corrected chi connectivity index (χ4v) is 2.35. The minimum absolute atomic E-state index is 0.0175. The molecule has 0 aromatic rings. The number of amides is 1. The third-order valence-corrected chi connectivity index (χ3v) is 3.40. The van der Waals surface area contributed by atoms with E-state index in [1.54, 1.807) is 0 Å². The molecule has 0 aromatic carbocycles. The lowest BCUT2D eigenvalue weighted by Crippen LogP contribution is -2.42. The summed E-state index contributed by atoms with van der Waals surface area (Å²) < 4.78 is 10.2. The normalized spacial score (nSPS) is 20.9. The topological polar surface area (TPSA) is 64.6 Å². The maximum Gasteiger partial charge on any atom is 0.306 e. The van der Waals surface area contributed by atoms with E-state index in [0.717, 1.165) is 19.4 Å². The van der Waals surface area contributed by atoms with Gasteiger partial charge in [0.2, 0.25) is 5.91 Å². The number of nitrogens with one attached hydrogen (secondary N) is 1. The summed E-state index contributed by atoms with van der Waals surface area (Å²) in [5.41, 5.74) is -0.395. The summed E-state index contributed by atoms with van der Waals surface area (Å²) in [6.07, 6.45) is 2.71. The van der Waals surface area contributed by atoms with Gasteiger partial charge in [0.05, 0.1) is 25.7 Å². The van der Waals surface area contributed by atoms with Crippen LogP contribution in [0.2, 0.25) is 0 Å². The SMILES string of the molecule is COC(=O)CC(C)(C)CC(=O)N[C@H](C)[C@H]1CCCO1. The predicted molar refractivity (Wildman–Crippen MR) is 71.6 cm³/mol. The molecular weight excluding hydrogens is 246 g/mol. The van der Waals surface area contributed by atoms with Crippen molar-refractivity contribution in [2.24, 2.45) is 5.41 Å². The molecule has 1 heterocycles. The van der Waals surface area contributed by atoms with E-state index in [9.17, 15) is 9.59 Å². The Hall–Kier alpha value is -1.10. The lowest BCUT2D eigenvalue weighted by atomic mass is 9.85. The van der Waals surface area contributed by atoms with Crippen molar-refractivity contribution in [3.63, 3.8) is 0 Å². The molecule has 0 radical (unpaired) electrons. The smallest absolute Gasteiger partial charge is 0.306 e. The Kier molecular flexibility index (Phi) is 5.79. The van der Waals surface area contributed by atoms with Crippen molar-refractivity contribution in [3.8, 4) is 0 Å². The number of carbonyl (C=O) groups is 2. The molecule has 1 rings (SSSR count). The fraction of sp³-hybridized carbons (Fsp3) is 0.857. The first kappa shape index (κ1) is 16.0. The molecule has 0 aliphatic carbocycles. The quantitative estimate of drug-likeness (QED) is 0.746. The van der Waals surface area contributed by atoms with Gasteiger partial charge < -0.3 is 14.8 Å². The highest BCUT2D eigenvalue weighted by molar-refractivity contribution is 5.78. The van der Waals surface area contributed by atoms with Crippen LogP contribution >= 0.6 is 0 Å². The molecule has 0 saturated carbocycles. The summed E-state index contributed by atoms with van der Waals surface area (Å²) in [6, 6.07) is 0.0175. The molecule has 110 valence electrons. The van der Waals surface area contributed by atoms with E-state index in [1.807, 2.05) is 20.8 Å². The Morgan fingerprint density at radius 3 is 2.63 bits per heavy atom. The van der Waals surface area contributed by atoms with Gasteiger partial charge in [0, 0.05) is 13.0 Å². The van der Waals surface area contributed by atoms with Crippen LogP contribution in [0.15, 0.2) is 0 Å². The second-order valence-corrected chi connectivity index (χ2v) is 6.00. The van der Waals surface area contributed by atoms with E-state index in [-0.39, 0.29) is 30.4 Å². The van der Waals surface area contributed by atoms with Crippen LogP contribution in [0.25, 0.3) is 0 Å². The maximum atomic E-state index is 12.0. The first-order valence-corrected chi connectivity index (χ1v) is 6.82.